The van der Waals surface area contributed by atoms with Crippen LogP contribution in [0.2, 0.25) is 0 Å². The second kappa shape index (κ2) is 8.25. The largest absolute Gasteiger partial charge is 0.354 e. The summed E-state index contributed by atoms with van der Waals surface area (Å²) in [5.74, 6) is -0.101. The topological polar surface area (TPSA) is 82.7 Å². The first kappa shape index (κ1) is 14.2. The fourth-order valence-electron chi connectivity index (χ4n) is 1.46. The third-order valence-corrected chi connectivity index (χ3v) is 2.30. The minimum atomic E-state index is -0.101. The third kappa shape index (κ3) is 5.46. The number of carbonyl (C=O) groups is 1. The first-order valence-corrected chi connectivity index (χ1v) is 6.11. The second-order valence-electron chi connectivity index (χ2n) is 3.97. The van der Waals surface area contributed by atoms with Crippen LogP contribution in [0.5, 0.6) is 0 Å². The molecule has 98 valence electrons. The zero-order valence-corrected chi connectivity index (χ0v) is 10.6. The van der Waals surface area contributed by atoms with Gasteiger partial charge in [-0.1, -0.05) is 6.92 Å². The van der Waals surface area contributed by atoms with Crippen molar-refractivity contribution in [3.63, 3.8) is 0 Å². The van der Waals surface area contributed by atoms with Crippen LogP contribution >= 0.6 is 0 Å². The van der Waals surface area contributed by atoms with Crippen molar-refractivity contribution in [2.24, 2.45) is 0 Å². The minimum absolute atomic E-state index is 0.101. The lowest BCUT2D eigenvalue weighted by Crippen LogP contribution is -2.27. The van der Waals surface area contributed by atoms with Crippen molar-refractivity contribution in [2.75, 3.05) is 13.1 Å². The van der Waals surface area contributed by atoms with Crippen molar-refractivity contribution in [1.82, 2.24) is 20.2 Å². The number of aromatic nitrogens is 2. The molecule has 1 rings (SSSR count). The molecule has 0 aliphatic rings. The Kier molecular flexibility index (Phi) is 6.51. The summed E-state index contributed by atoms with van der Waals surface area (Å²) in [5.41, 5.74) is 0.924. The number of hydrogen-bond acceptors (Lipinski definition) is 4. The molecule has 0 atom stereocenters. The summed E-state index contributed by atoms with van der Waals surface area (Å²) in [6, 6.07) is 1.98. The molecule has 2 N–H and O–H groups in total. The average Bonchev–Trinajstić information content (AvgIpc) is 2.77. The number of nitrogens with zero attached hydrogens (tertiary/aromatic N) is 3. The maximum absolute atomic E-state index is 11.5. The van der Waals surface area contributed by atoms with Crippen molar-refractivity contribution in [1.29, 1.82) is 5.26 Å². The van der Waals surface area contributed by atoms with Crippen LogP contribution in [0.25, 0.3) is 0 Å². The molecule has 1 aromatic heterocycles. The highest BCUT2D eigenvalue weighted by Gasteiger charge is 2.03. The second-order valence-corrected chi connectivity index (χ2v) is 3.97. The van der Waals surface area contributed by atoms with Crippen molar-refractivity contribution < 1.29 is 4.79 Å². The summed E-state index contributed by atoms with van der Waals surface area (Å²) >= 11 is 0. The molecule has 0 aliphatic carbocycles. The summed E-state index contributed by atoms with van der Waals surface area (Å²) in [5, 5.41) is 14.3. The fourth-order valence-corrected chi connectivity index (χ4v) is 1.46. The zero-order chi connectivity index (χ0) is 13.2. The van der Waals surface area contributed by atoms with Crippen molar-refractivity contribution in [2.45, 2.75) is 32.9 Å². The fraction of sp³-hybridized carbons (Fsp3) is 0.583. The standard InChI is InChI=1S/C12H19N5O/c1-2-5-14-7-11-8-17(10-16-11)9-12(18)15-6-3-4-13/h8,10,14H,2-3,5-7,9H2,1H3,(H,15,18). The highest BCUT2D eigenvalue weighted by atomic mass is 16.1. The van der Waals surface area contributed by atoms with E-state index in [1.807, 2.05) is 12.3 Å². The molecule has 0 aromatic carbocycles. The first-order valence-electron chi connectivity index (χ1n) is 6.11. The van der Waals surface area contributed by atoms with Gasteiger partial charge in [-0.3, -0.25) is 4.79 Å². The van der Waals surface area contributed by atoms with Gasteiger partial charge in [-0.05, 0) is 13.0 Å². The molecule has 0 radical (unpaired) electrons. The van der Waals surface area contributed by atoms with Crippen LogP contribution in [-0.4, -0.2) is 28.5 Å². The van der Waals surface area contributed by atoms with Crippen LogP contribution in [0.1, 0.15) is 25.5 Å². The van der Waals surface area contributed by atoms with E-state index in [1.165, 1.54) is 0 Å². The molecular formula is C12H19N5O. The first-order chi connectivity index (χ1) is 8.76. The van der Waals surface area contributed by atoms with Crippen LogP contribution < -0.4 is 10.6 Å². The van der Waals surface area contributed by atoms with Gasteiger partial charge in [-0.15, -0.1) is 0 Å². The van der Waals surface area contributed by atoms with Gasteiger partial charge in [0.15, 0.2) is 0 Å². The quantitative estimate of drug-likeness (QED) is 0.654. The maximum atomic E-state index is 11.5. The summed E-state index contributed by atoms with van der Waals surface area (Å²) < 4.78 is 1.74. The predicted molar refractivity (Wildman–Crippen MR) is 67.5 cm³/mol. The van der Waals surface area contributed by atoms with E-state index < -0.39 is 0 Å². The molecule has 1 heterocycles. The summed E-state index contributed by atoms with van der Waals surface area (Å²) in [6.45, 7) is 4.43. The monoisotopic (exact) mass is 249 g/mol. The number of carbonyl (C=O) groups excluding carboxylic acids is 1. The molecule has 0 unspecified atom stereocenters. The van der Waals surface area contributed by atoms with Gasteiger partial charge in [0.2, 0.25) is 5.91 Å². The van der Waals surface area contributed by atoms with Crippen LogP contribution in [0, 0.1) is 11.3 Å². The zero-order valence-electron chi connectivity index (χ0n) is 10.6. The molecule has 6 nitrogen and oxygen atoms in total. The molecular weight excluding hydrogens is 230 g/mol. The summed E-state index contributed by atoms with van der Waals surface area (Å²) in [7, 11) is 0. The van der Waals surface area contributed by atoms with E-state index in [1.54, 1.807) is 10.9 Å². The Morgan fingerprint density at radius 3 is 3.11 bits per heavy atom. The lowest BCUT2D eigenvalue weighted by atomic mass is 10.4. The lowest BCUT2D eigenvalue weighted by Gasteiger charge is -2.03. The molecule has 0 saturated carbocycles. The summed E-state index contributed by atoms with van der Waals surface area (Å²) in [4.78, 5) is 15.7. The van der Waals surface area contributed by atoms with Crippen molar-refractivity contribution in [3.8, 4) is 6.07 Å². The Morgan fingerprint density at radius 2 is 2.39 bits per heavy atom. The molecule has 6 heteroatoms. The Balaban J connectivity index is 2.30. The molecule has 0 bridgehead atoms. The van der Waals surface area contributed by atoms with E-state index >= 15 is 0 Å². The van der Waals surface area contributed by atoms with Gasteiger partial charge in [0, 0.05) is 19.3 Å². The smallest absolute Gasteiger partial charge is 0.240 e. The Hall–Kier alpha value is -1.87. The SMILES string of the molecule is CCCNCc1cn(CC(=O)NCCC#N)cn1. The van der Waals surface area contributed by atoms with E-state index in [4.69, 9.17) is 5.26 Å². The molecule has 0 aliphatic heterocycles. The van der Waals surface area contributed by atoms with Gasteiger partial charge in [0.05, 0.1) is 24.5 Å². The lowest BCUT2D eigenvalue weighted by molar-refractivity contribution is -0.121. The van der Waals surface area contributed by atoms with Crippen LogP contribution in [0.4, 0.5) is 0 Å². The molecule has 18 heavy (non-hydrogen) atoms. The van der Waals surface area contributed by atoms with E-state index in [0.717, 1.165) is 25.2 Å². The van der Waals surface area contributed by atoms with Crippen LogP contribution in [0.15, 0.2) is 12.5 Å². The predicted octanol–water partition coefficient (Wildman–Crippen LogP) is 0.413. The maximum Gasteiger partial charge on any atom is 0.240 e. The van der Waals surface area contributed by atoms with Gasteiger partial charge in [0.25, 0.3) is 0 Å². The van der Waals surface area contributed by atoms with E-state index in [2.05, 4.69) is 22.5 Å². The number of rotatable bonds is 8. The average molecular weight is 249 g/mol. The molecule has 0 fully saturated rings. The Labute approximate surface area is 107 Å². The molecule has 1 aromatic rings. The number of nitrogens with one attached hydrogen (secondary N) is 2. The van der Waals surface area contributed by atoms with Gasteiger partial charge in [0.1, 0.15) is 6.54 Å². The molecule has 0 spiro atoms. The number of amides is 1. The van der Waals surface area contributed by atoms with E-state index in [-0.39, 0.29) is 12.5 Å². The highest BCUT2D eigenvalue weighted by molar-refractivity contribution is 5.75. The third-order valence-electron chi connectivity index (χ3n) is 2.30. The highest BCUT2D eigenvalue weighted by Crippen LogP contribution is 1.96. The Morgan fingerprint density at radius 1 is 1.56 bits per heavy atom. The molecule has 0 saturated heterocycles. The van der Waals surface area contributed by atoms with Gasteiger partial charge < -0.3 is 15.2 Å². The number of imidazole rings is 1. The minimum Gasteiger partial charge on any atom is -0.354 e. The summed E-state index contributed by atoms with van der Waals surface area (Å²) in [6.07, 6.45) is 4.92. The van der Waals surface area contributed by atoms with Crippen molar-refractivity contribution >= 4 is 5.91 Å². The van der Waals surface area contributed by atoms with Crippen LogP contribution in [-0.2, 0) is 17.9 Å². The number of hydrogen-bond donors (Lipinski definition) is 2. The van der Waals surface area contributed by atoms with E-state index in [0.29, 0.717) is 13.0 Å². The van der Waals surface area contributed by atoms with E-state index in [9.17, 15) is 4.79 Å². The van der Waals surface area contributed by atoms with Gasteiger partial charge in [-0.25, -0.2) is 4.98 Å². The van der Waals surface area contributed by atoms with Gasteiger partial charge >= 0.3 is 0 Å². The van der Waals surface area contributed by atoms with Gasteiger partial charge in [-0.2, -0.15) is 5.26 Å². The normalized spacial score (nSPS) is 10.0. The number of nitriles is 1. The van der Waals surface area contributed by atoms with Crippen LogP contribution in [0.3, 0.4) is 0 Å². The molecule has 1 amide bonds. The Bertz CT molecular complexity index is 407. The van der Waals surface area contributed by atoms with Crippen molar-refractivity contribution in [3.05, 3.63) is 18.2 Å².